The Balaban J connectivity index is 0.0000000980. The smallest absolute Gasteiger partial charge is 0.216 e. The minimum atomic E-state index is -0.665. The van der Waals surface area contributed by atoms with Crippen molar-refractivity contribution >= 4 is 175 Å². The average Bonchev–Trinajstić information content (AvgIpc) is 0.898. The zero-order valence-electron chi connectivity index (χ0n) is 77.5. The number of hydrogen-bond donors (Lipinski definition) is 0. The van der Waals surface area contributed by atoms with Gasteiger partial charge in [0, 0.05) is 174 Å². The number of aryl methyl sites for hydroxylation is 10. The van der Waals surface area contributed by atoms with E-state index in [4.69, 9.17) is 23.5 Å². The Morgan fingerprint density at radius 3 is 1.16 bits per heavy atom. The molecule has 13 heterocycles. The highest BCUT2D eigenvalue weighted by atomic mass is 16.3. The Hall–Kier alpha value is -16.4. The fourth-order valence-electron chi connectivity index (χ4n) is 19.9. The molecule has 0 unspecified atom stereocenters. The molecule has 0 saturated heterocycles. The van der Waals surface area contributed by atoms with Crippen molar-refractivity contribution in [3.63, 3.8) is 0 Å². The van der Waals surface area contributed by atoms with Crippen molar-refractivity contribution < 1.29 is 46.3 Å². The normalized spacial score (nSPS) is 11.9. The van der Waals surface area contributed by atoms with Crippen LogP contribution in [0.25, 0.3) is 231 Å². The van der Waals surface area contributed by atoms with E-state index in [1.807, 2.05) is 87.3 Å². The fraction of sp³-hybridized carbons (Fsp3) is 0.117. The number of pyridine rings is 8. The van der Waals surface area contributed by atoms with Crippen LogP contribution in [-0.2, 0) is 35.2 Å². The molecule has 0 fully saturated rings. The van der Waals surface area contributed by atoms with Crippen molar-refractivity contribution in [3.05, 3.63) is 386 Å². The van der Waals surface area contributed by atoms with Gasteiger partial charge >= 0.3 is 0 Å². The van der Waals surface area contributed by atoms with E-state index in [0.717, 1.165) is 199 Å². The molecule has 0 aliphatic carbocycles. The standard InChI is InChI=1S/C31H28NO.C23H18NO.3C22H17N2O/c1-18(2)23-11-8-12-27-24(23)13-14-28(32(27)5)30-20(4)19(3)15-26-25-16-21-9-6-7-10-22(21)17-29(25)33-31(26)30;1-15-10-12-19-18-13-11-16-7-3-4-8-17(16)22(18)25-23(19)21(15)20-9-5-6-14-24(20)2;1-14-8-9-16-17-13-18-15(6-5-10-23-18)12-20(17)25-22(16)21(14)19-7-3-4-11-24(19)2;1-14-6-7-17-18-11-16-13-23-9-8-15(16)12-20(18)25-22(17)21(14)19-5-3-4-10-24(19)2;1-14-6-7-17-18-11-15-8-9-23-13-16(15)12-20(18)25-22(17)21(14)19-5-3-4-10-24(19)2/h6-18H,1-5H3;3-14H,1-2H3;3*3-13H,1-2H3/q5*+1/i18D;;;;. The average molecular weight is 1730 g/mol. The molecule has 642 valence electrons. The molecule has 0 N–H and O–H groups in total. The number of rotatable bonds is 6. The summed E-state index contributed by atoms with van der Waals surface area (Å²) >= 11 is 0. The molecule has 13 heteroatoms. The van der Waals surface area contributed by atoms with E-state index in [9.17, 15) is 0 Å². The lowest BCUT2D eigenvalue weighted by atomic mass is 9.94. The first-order valence-corrected chi connectivity index (χ1v) is 45.2. The van der Waals surface area contributed by atoms with Gasteiger partial charge < -0.3 is 22.1 Å². The maximum Gasteiger partial charge on any atom is 0.216 e. The molecule has 0 radical (unpaired) electrons. The highest BCUT2D eigenvalue weighted by Crippen LogP contribution is 2.46. The minimum absolute atomic E-state index is 0.665. The highest BCUT2D eigenvalue weighted by Gasteiger charge is 2.29. The minimum Gasteiger partial charge on any atom is -0.455 e. The number of hydrogen-bond acceptors (Lipinski definition) is 8. The van der Waals surface area contributed by atoms with Crippen LogP contribution < -0.4 is 22.8 Å². The van der Waals surface area contributed by atoms with Crippen LogP contribution in [0.4, 0.5) is 0 Å². The molecule has 0 aliphatic rings. The van der Waals surface area contributed by atoms with Crippen LogP contribution >= 0.6 is 0 Å². The second-order valence-corrected chi connectivity index (χ2v) is 35.5. The zero-order chi connectivity index (χ0) is 91.6. The van der Waals surface area contributed by atoms with Crippen molar-refractivity contribution in [1.82, 2.24) is 15.0 Å². The predicted molar refractivity (Wildman–Crippen MR) is 543 cm³/mol. The molecule has 13 aromatic carbocycles. The molecule has 0 spiro atoms. The Kier molecular flexibility index (Phi) is 20.3. The number of nitrogens with zero attached hydrogens (tertiary/aromatic N) is 8. The van der Waals surface area contributed by atoms with Crippen molar-refractivity contribution in [1.29, 1.82) is 0 Å². The maximum absolute atomic E-state index is 8.61. The van der Waals surface area contributed by atoms with Gasteiger partial charge in [-0.2, -0.15) is 4.57 Å². The van der Waals surface area contributed by atoms with Crippen LogP contribution in [0.15, 0.2) is 369 Å². The first-order chi connectivity index (χ1) is 65.1. The van der Waals surface area contributed by atoms with E-state index >= 15 is 0 Å². The molecule has 26 rings (SSSR count). The van der Waals surface area contributed by atoms with Crippen molar-refractivity contribution in [2.24, 2.45) is 35.2 Å². The third kappa shape index (κ3) is 14.3. The van der Waals surface area contributed by atoms with Gasteiger partial charge in [0.05, 0.1) is 33.3 Å². The molecule has 0 atom stereocenters. The third-order valence-electron chi connectivity index (χ3n) is 26.9. The molecule has 133 heavy (non-hydrogen) atoms. The number of furan rings is 5. The number of benzene rings is 13. The largest absolute Gasteiger partial charge is 0.455 e. The molecule has 0 aliphatic heterocycles. The van der Waals surface area contributed by atoms with Crippen LogP contribution in [-0.4, -0.2) is 15.0 Å². The Labute approximate surface area is 769 Å². The summed E-state index contributed by atoms with van der Waals surface area (Å²) in [5, 5.41) is 23.0. The van der Waals surface area contributed by atoms with Crippen LogP contribution in [0.1, 0.15) is 60.1 Å². The molecule has 13 nitrogen and oxygen atoms in total. The molecule has 26 aromatic rings. The first-order valence-electron chi connectivity index (χ1n) is 45.7. The Bertz CT molecular complexity index is 8800. The van der Waals surface area contributed by atoms with Gasteiger partial charge in [0.1, 0.15) is 91.1 Å². The number of fused-ring (bicyclic) bond motifs is 22. The second-order valence-electron chi connectivity index (χ2n) is 35.5. The van der Waals surface area contributed by atoms with Gasteiger partial charge in [-0.05, 0) is 223 Å². The van der Waals surface area contributed by atoms with Crippen LogP contribution in [0.2, 0.25) is 0 Å². The Morgan fingerprint density at radius 2 is 0.647 bits per heavy atom. The van der Waals surface area contributed by atoms with E-state index in [-0.39, 0.29) is 0 Å². The summed E-state index contributed by atoms with van der Waals surface area (Å²) in [4.78, 5) is 12.9. The van der Waals surface area contributed by atoms with E-state index < -0.39 is 5.89 Å². The third-order valence-corrected chi connectivity index (χ3v) is 26.9. The fourth-order valence-corrected chi connectivity index (χ4v) is 19.9. The molecule has 13 aromatic heterocycles. The van der Waals surface area contributed by atoms with Gasteiger partial charge in [-0.15, -0.1) is 0 Å². The van der Waals surface area contributed by atoms with E-state index in [2.05, 4.69) is 388 Å². The van der Waals surface area contributed by atoms with Crippen molar-refractivity contribution in [2.45, 2.75) is 61.3 Å². The van der Waals surface area contributed by atoms with Gasteiger partial charge in [-0.1, -0.05) is 135 Å². The molecular formula is C120H97N8O5+5. The summed E-state index contributed by atoms with van der Waals surface area (Å²) in [6.07, 6.45) is 17.5. The SMILES string of the molecule is Cc1ccc2c(oc3c4ccccc4ccc23)c1-c1cccc[n+]1C.Cc1ccc2c(oc3cc4cccnc4cc32)c1-c1cccc[n+]1C.Cc1ccc2c(oc3cc4ccncc4cc32)c1-c1cccc[n+]1C.Cc1ccc2c(oc3cc4cnccc4cc32)c1-c1cccc[n+]1C.[2H]C(C)(C)c1cccc2c1ccc(-c1c(C)c(C)cc3c1oc1cc4ccccc4cc13)[n+]2C. The lowest BCUT2D eigenvalue weighted by Crippen LogP contribution is -2.32. The maximum atomic E-state index is 8.61. The van der Waals surface area contributed by atoms with Crippen molar-refractivity contribution in [3.8, 4) is 56.3 Å². The quantitative estimate of drug-likeness (QED) is 0.151. The van der Waals surface area contributed by atoms with E-state index in [0.29, 0.717) is 0 Å². The summed E-state index contributed by atoms with van der Waals surface area (Å²) in [5.41, 5.74) is 31.3. The van der Waals surface area contributed by atoms with Gasteiger partial charge in [0.15, 0.2) is 24.8 Å². The predicted octanol–water partition coefficient (Wildman–Crippen LogP) is 28.5. The summed E-state index contributed by atoms with van der Waals surface area (Å²) in [6.45, 7) is 16.8. The van der Waals surface area contributed by atoms with Gasteiger partial charge in [0.2, 0.25) is 34.0 Å². The summed E-state index contributed by atoms with van der Waals surface area (Å²) in [6, 6.07) is 102. The lowest BCUT2D eigenvalue weighted by molar-refractivity contribution is -0.660. The topological polar surface area (TPSA) is 124 Å². The molecular weight excluding hydrogens is 1630 g/mol. The summed E-state index contributed by atoms with van der Waals surface area (Å²) in [7, 11) is 10.4. The van der Waals surface area contributed by atoms with Crippen LogP contribution in [0, 0.1) is 41.5 Å². The summed E-state index contributed by atoms with van der Waals surface area (Å²) < 4.78 is 51.5. The second kappa shape index (κ2) is 33.3. The highest BCUT2D eigenvalue weighted by molar-refractivity contribution is 6.20. The van der Waals surface area contributed by atoms with Crippen LogP contribution in [0.5, 0.6) is 0 Å². The van der Waals surface area contributed by atoms with E-state index in [1.54, 1.807) is 0 Å². The monoisotopic (exact) mass is 1730 g/mol. The van der Waals surface area contributed by atoms with Gasteiger partial charge in [0.25, 0.3) is 0 Å². The van der Waals surface area contributed by atoms with Crippen LogP contribution in [0.3, 0.4) is 0 Å². The molecule has 0 bridgehead atoms. The Morgan fingerprint density at radius 1 is 0.263 bits per heavy atom. The lowest BCUT2D eigenvalue weighted by Gasteiger charge is -2.12. The van der Waals surface area contributed by atoms with E-state index in [1.165, 1.54) is 71.3 Å². The van der Waals surface area contributed by atoms with Crippen molar-refractivity contribution in [2.75, 3.05) is 0 Å². The van der Waals surface area contributed by atoms with Gasteiger partial charge in [-0.25, -0.2) is 18.3 Å². The number of aromatic nitrogens is 8. The zero-order valence-corrected chi connectivity index (χ0v) is 76.5. The molecule has 0 amide bonds. The first kappa shape index (κ1) is 81.1. The van der Waals surface area contributed by atoms with Gasteiger partial charge in [-0.3, -0.25) is 15.0 Å². The molecule has 0 saturated carbocycles. The summed E-state index contributed by atoms with van der Waals surface area (Å²) in [5.74, 6) is -0.665.